The molecule has 0 bridgehead atoms. The van der Waals surface area contributed by atoms with Crippen LogP contribution in [0.3, 0.4) is 0 Å². The van der Waals surface area contributed by atoms with Crippen molar-refractivity contribution in [1.82, 2.24) is 5.32 Å². The van der Waals surface area contributed by atoms with Gasteiger partial charge in [0.05, 0.1) is 22.3 Å². The predicted octanol–water partition coefficient (Wildman–Crippen LogP) is 4.58. The molecule has 0 unspecified atom stereocenters. The number of anilines is 1. The molecule has 2 atom stereocenters. The van der Waals surface area contributed by atoms with Gasteiger partial charge in [0, 0.05) is 28.2 Å². The summed E-state index contributed by atoms with van der Waals surface area (Å²) in [4.78, 5) is 25.3. The number of alkyl halides is 2. The Morgan fingerprint density at radius 3 is 2.27 bits per heavy atom. The Morgan fingerprint density at radius 1 is 1.03 bits per heavy atom. The fraction of sp³-hybridized carbons (Fsp3) is 0.300. The van der Waals surface area contributed by atoms with E-state index in [1.807, 2.05) is 0 Å². The Kier molecular flexibility index (Phi) is 8.11. The maximum atomic E-state index is 12.9. The zero-order valence-electron chi connectivity index (χ0n) is 16.7. The maximum absolute atomic E-state index is 12.9. The Morgan fingerprint density at radius 2 is 1.67 bits per heavy atom. The molecule has 1 aliphatic rings. The van der Waals surface area contributed by atoms with Crippen LogP contribution in [0.1, 0.15) is 28.3 Å². The summed E-state index contributed by atoms with van der Waals surface area (Å²) in [5, 5.41) is 11.1. The molecule has 13 heteroatoms. The van der Waals surface area contributed by atoms with E-state index in [4.69, 9.17) is 63.1 Å². The molecule has 3 rings (SSSR count). The Bertz CT molecular complexity index is 1190. The zero-order valence-corrected chi connectivity index (χ0v) is 21.3. The third kappa shape index (κ3) is 6.66. The van der Waals surface area contributed by atoms with Gasteiger partial charge in [0.25, 0.3) is 5.91 Å². The van der Waals surface area contributed by atoms with E-state index < -0.39 is 38.0 Å². The minimum Gasteiger partial charge on any atom is -0.352 e. The quantitative estimate of drug-likeness (QED) is 0.316. The van der Waals surface area contributed by atoms with Gasteiger partial charge in [0.15, 0.2) is 0 Å². The summed E-state index contributed by atoms with van der Waals surface area (Å²) in [7, 11) is -3.62. The van der Waals surface area contributed by atoms with Gasteiger partial charge in [-0.25, -0.2) is 13.6 Å². The number of halogens is 5. The summed E-state index contributed by atoms with van der Waals surface area (Å²) in [5.74, 6) is -2.56. The molecular weight excluding hydrogens is 556 g/mol. The molecular formula is C20H18Cl5N3O4S. The van der Waals surface area contributed by atoms with Crippen LogP contribution >= 0.6 is 58.0 Å². The molecule has 0 saturated heterocycles. The number of nitrogens with two attached hydrogens (primary N) is 1. The van der Waals surface area contributed by atoms with Gasteiger partial charge >= 0.3 is 0 Å². The maximum Gasteiger partial charge on any atom is 0.252 e. The van der Waals surface area contributed by atoms with Crippen molar-refractivity contribution in [3.05, 3.63) is 62.6 Å². The van der Waals surface area contributed by atoms with Gasteiger partial charge in [0.2, 0.25) is 15.9 Å². The summed E-state index contributed by atoms with van der Waals surface area (Å²) >= 11 is 30.9. The van der Waals surface area contributed by atoms with Crippen molar-refractivity contribution in [2.75, 3.05) is 17.6 Å². The predicted molar refractivity (Wildman–Crippen MR) is 132 cm³/mol. The third-order valence-corrected chi connectivity index (χ3v) is 7.51. The average molecular weight is 574 g/mol. The third-order valence-electron chi connectivity index (χ3n) is 4.95. The van der Waals surface area contributed by atoms with Gasteiger partial charge in [-0.3, -0.25) is 9.59 Å². The number of rotatable bonds is 8. The summed E-state index contributed by atoms with van der Waals surface area (Å²) in [5.41, 5.74) is 1.04. The number of amides is 2. The highest BCUT2D eigenvalue weighted by atomic mass is 35.5. The van der Waals surface area contributed by atoms with Crippen LogP contribution in [0.15, 0.2) is 36.4 Å². The van der Waals surface area contributed by atoms with Crippen LogP contribution in [-0.2, 0) is 14.8 Å². The van der Waals surface area contributed by atoms with Crippen molar-refractivity contribution in [3.8, 4) is 0 Å². The lowest BCUT2D eigenvalue weighted by Crippen LogP contribution is -2.27. The first-order valence-corrected chi connectivity index (χ1v) is 13.1. The van der Waals surface area contributed by atoms with Gasteiger partial charge in [-0.1, -0.05) is 34.8 Å². The van der Waals surface area contributed by atoms with E-state index in [1.165, 1.54) is 18.2 Å². The van der Waals surface area contributed by atoms with Gasteiger partial charge in [-0.2, -0.15) is 0 Å². The molecule has 0 spiro atoms. The van der Waals surface area contributed by atoms with Crippen molar-refractivity contribution >= 4 is 85.5 Å². The van der Waals surface area contributed by atoms with Crippen molar-refractivity contribution in [2.45, 2.75) is 16.7 Å². The standard InChI is InChI=1S/C20H18Cl5N3O4S/c21-11-6-10(7-12(22)8-11)16-17(20(16,24)25)19(30)28-13-2-3-15(23)14(9-13)18(29)27-4-1-5-33(26,31)32/h2-3,6-9,16-17H,1,4-5H2,(H,27,29)(H,28,30)(H2,26,31,32)/t16-,17+/m0/s1. The van der Waals surface area contributed by atoms with Crippen molar-refractivity contribution in [3.63, 3.8) is 0 Å². The highest BCUT2D eigenvalue weighted by molar-refractivity contribution is 7.89. The second kappa shape index (κ2) is 10.2. The SMILES string of the molecule is NS(=O)(=O)CCCNC(=O)c1cc(NC(=O)[C@H]2[C@H](c3cc(Cl)cc(Cl)c3)C2(Cl)Cl)ccc1Cl. The van der Waals surface area contributed by atoms with Crippen LogP contribution in [0.4, 0.5) is 5.69 Å². The molecule has 2 aromatic rings. The summed E-state index contributed by atoms with van der Waals surface area (Å²) in [6.07, 6.45) is 0.142. The number of hydrogen-bond donors (Lipinski definition) is 3. The molecule has 33 heavy (non-hydrogen) atoms. The average Bonchev–Trinajstić information content (AvgIpc) is 3.27. The van der Waals surface area contributed by atoms with Gasteiger partial charge in [-0.15, -0.1) is 23.2 Å². The minimum atomic E-state index is -3.62. The summed E-state index contributed by atoms with van der Waals surface area (Å²) in [6.45, 7) is 0.0785. The van der Waals surface area contributed by atoms with E-state index in [-0.39, 0.29) is 29.3 Å². The summed E-state index contributed by atoms with van der Waals surface area (Å²) in [6, 6.07) is 9.22. The molecule has 1 saturated carbocycles. The molecule has 7 nitrogen and oxygen atoms in total. The van der Waals surface area contributed by atoms with Crippen LogP contribution in [-0.4, -0.2) is 36.9 Å². The van der Waals surface area contributed by atoms with E-state index in [2.05, 4.69) is 10.6 Å². The van der Waals surface area contributed by atoms with Gasteiger partial charge in [0.1, 0.15) is 4.33 Å². The van der Waals surface area contributed by atoms with Crippen molar-refractivity contribution < 1.29 is 18.0 Å². The number of carbonyl (C=O) groups is 2. The Balaban J connectivity index is 1.68. The Hall–Kier alpha value is -1.26. The van der Waals surface area contributed by atoms with E-state index in [9.17, 15) is 18.0 Å². The number of benzene rings is 2. The molecule has 1 aliphatic carbocycles. The highest BCUT2D eigenvalue weighted by Crippen LogP contribution is 2.65. The minimum absolute atomic E-state index is 0.0785. The molecule has 2 aromatic carbocycles. The molecule has 0 aromatic heterocycles. The first-order chi connectivity index (χ1) is 15.3. The molecule has 0 heterocycles. The molecule has 2 amide bonds. The van der Waals surface area contributed by atoms with Gasteiger partial charge in [-0.05, 0) is 48.4 Å². The largest absolute Gasteiger partial charge is 0.352 e. The van der Waals surface area contributed by atoms with Crippen LogP contribution in [0.5, 0.6) is 0 Å². The number of sulfonamides is 1. The highest BCUT2D eigenvalue weighted by Gasteiger charge is 2.67. The van der Waals surface area contributed by atoms with E-state index >= 15 is 0 Å². The van der Waals surface area contributed by atoms with Crippen molar-refractivity contribution in [2.24, 2.45) is 11.1 Å². The lowest BCUT2D eigenvalue weighted by molar-refractivity contribution is -0.117. The Labute approximate surface area is 215 Å². The van der Waals surface area contributed by atoms with Crippen LogP contribution in [0, 0.1) is 5.92 Å². The van der Waals surface area contributed by atoms with E-state index in [0.29, 0.717) is 21.3 Å². The van der Waals surface area contributed by atoms with Crippen LogP contribution in [0.25, 0.3) is 0 Å². The lowest BCUT2D eigenvalue weighted by atomic mass is 10.1. The number of nitrogens with one attached hydrogen (secondary N) is 2. The molecule has 0 radical (unpaired) electrons. The van der Waals surface area contributed by atoms with E-state index in [1.54, 1.807) is 18.2 Å². The number of carbonyl (C=O) groups excluding carboxylic acids is 2. The topological polar surface area (TPSA) is 118 Å². The smallest absolute Gasteiger partial charge is 0.252 e. The summed E-state index contributed by atoms with van der Waals surface area (Å²) < 4.78 is 20.6. The van der Waals surface area contributed by atoms with Crippen LogP contribution < -0.4 is 15.8 Å². The fourth-order valence-electron chi connectivity index (χ4n) is 3.39. The van der Waals surface area contributed by atoms with Crippen LogP contribution in [0.2, 0.25) is 15.1 Å². The molecule has 1 fully saturated rings. The first-order valence-electron chi connectivity index (χ1n) is 9.52. The number of hydrogen-bond acceptors (Lipinski definition) is 4. The molecule has 4 N–H and O–H groups in total. The molecule has 0 aliphatic heterocycles. The van der Waals surface area contributed by atoms with E-state index in [0.717, 1.165) is 0 Å². The monoisotopic (exact) mass is 571 g/mol. The second-order valence-corrected chi connectivity index (χ2v) is 12.0. The second-order valence-electron chi connectivity index (χ2n) is 7.49. The zero-order chi connectivity index (χ0) is 24.6. The van der Waals surface area contributed by atoms with Gasteiger partial charge < -0.3 is 10.6 Å². The lowest BCUT2D eigenvalue weighted by Gasteiger charge is -2.10. The molecule has 178 valence electrons. The number of primary sulfonamides is 1. The fourth-order valence-corrected chi connectivity index (χ4v) is 5.51. The van der Waals surface area contributed by atoms with Crippen molar-refractivity contribution in [1.29, 1.82) is 0 Å². The normalized spacial score (nSPS) is 19.1. The first kappa shape index (κ1) is 26.3.